The highest BCUT2D eigenvalue weighted by molar-refractivity contribution is 5.76. The average Bonchev–Trinajstić information content (AvgIpc) is 3.10. The maximum atomic E-state index is 12.3. The molecular weight excluding hydrogens is 254 g/mol. The van der Waals surface area contributed by atoms with Gasteiger partial charge in [0.1, 0.15) is 12.4 Å². The molecule has 0 radical (unpaired) electrons. The summed E-state index contributed by atoms with van der Waals surface area (Å²) in [6, 6.07) is 1.83. The van der Waals surface area contributed by atoms with E-state index in [9.17, 15) is 4.79 Å². The Hall–Kier alpha value is -2.11. The molecule has 3 heterocycles. The molecule has 1 unspecified atom stereocenters. The molecule has 20 heavy (non-hydrogen) atoms. The highest BCUT2D eigenvalue weighted by Gasteiger charge is 2.26. The van der Waals surface area contributed by atoms with E-state index < -0.39 is 0 Å². The topological polar surface area (TPSA) is 66.8 Å². The Bertz CT molecular complexity index is 574. The van der Waals surface area contributed by atoms with Gasteiger partial charge < -0.3 is 9.88 Å². The van der Waals surface area contributed by atoms with Crippen LogP contribution in [-0.2, 0) is 11.3 Å². The number of aromatic amines is 1. The van der Waals surface area contributed by atoms with E-state index in [-0.39, 0.29) is 5.91 Å². The normalized spacial score (nSPS) is 19.2. The van der Waals surface area contributed by atoms with Gasteiger partial charge in [0.05, 0.1) is 0 Å². The van der Waals surface area contributed by atoms with E-state index >= 15 is 0 Å². The number of imidazole rings is 1. The minimum absolute atomic E-state index is 0.127. The zero-order valence-corrected chi connectivity index (χ0v) is 11.6. The fourth-order valence-electron chi connectivity index (χ4n) is 2.70. The van der Waals surface area contributed by atoms with Crippen molar-refractivity contribution in [1.82, 2.24) is 24.6 Å². The quantitative estimate of drug-likeness (QED) is 0.917. The Kier molecular flexibility index (Phi) is 3.54. The molecule has 0 aliphatic carbocycles. The highest BCUT2D eigenvalue weighted by atomic mass is 16.2. The summed E-state index contributed by atoms with van der Waals surface area (Å²) in [5.41, 5.74) is 1.07. The first-order valence-electron chi connectivity index (χ1n) is 6.99. The van der Waals surface area contributed by atoms with E-state index in [0.717, 1.165) is 37.4 Å². The van der Waals surface area contributed by atoms with Gasteiger partial charge in [0.15, 0.2) is 0 Å². The monoisotopic (exact) mass is 273 g/mol. The number of aromatic nitrogens is 4. The highest BCUT2D eigenvalue weighted by Crippen LogP contribution is 2.24. The van der Waals surface area contributed by atoms with Crippen molar-refractivity contribution in [2.75, 3.05) is 13.1 Å². The summed E-state index contributed by atoms with van der Waals surface area (Å²) in [5.74, 6) is 1.44. The van der Waals surface area contributed by atoms with Gasteiger partial charge in [0.25, 0.3) is 0 Å². The predicted molar refractivity (Wildman–Crippen MR) is 74.1 cm³/mol. The van der Waals surface area contributed by atoms with Crippen molar-refractivity contribution in [1.29, 1.82) is 0 Å². The van der Waals surface area contributed by atoms with E-state index in [1.54, 1.807) is 10.9 Å². The molecule has 0 bridgehead atoms. The molecule has 1 atom stereocenters. The number of carbonyl (C=O) groups excluding carboxylic acids is 1. The standard InChI is InChI=1S/C14H19N5O/c1-11-8-15-14(17-11)12-4-2-6-18(9-12)13(20)10-19-7-3-5-16-19/h3,5,7-8,12H,2,4,6,9-10H2,1H3,(H,15,17). The zero-order chi connectivity index (χ0) is 13.9. The van der Waals surface area contributed by atoms with Crippen molar-refractivity contribution in [3.63, 3.8) is 0 Å². The number of nitrogens with one attached hydrogen (secondary N) is 1. The molecule has 2 aromatic heterocycles. The zero-order valence-electron chi connectivity index (χ0n) is 11.6. The van der Waals surface area contributed by atoms with Gasteiger partial charge in [-0.15, -0.1) is 0 Å². The molecular formula is C14H19N5O. The van der Waals surface area contributed by atoms with Gasteiger partial charge in [0.2, 0.25) is 5.91 Å². The minimum atomic E-state index is 0.127. The first-order chi connectivity index (χ1) is 9.72. The van der Waals surface area contributed by atoms with E-state index in [4.69, 9.17) is 0 Å². The second-order valence-corrected chi connectivity index (χ2v) is 5.33. The summed E-state index contributed by atoms with van der Waals surface area (Å²) < 4.78 is 1.67. The lowest BCUT2D eigenvalue weighted by atomic mass is 9.97. The summed E-state index contributed by atoms with van der Waals surface area (Å²) in [4.78, 5) is 21.9. The Morgan fingerprint density at radius 3 is 3.15 bits per heavy atom. The minimum Gasteiger partial charge on any atom is -0.346 e. The maximum absolute atomic E-state index is 12.3. The summed E-state index contributed by atoms with van der Waals surface area (Å²) in [7, 11) is 0. The van der Waals surface area contributed by atoms with Crippen LogP contribution in [0.15, 0.2) is 24.7 Å². The van der Waals surface area contributed by atoms with Crippen LogP contribution in [0, 0.1) is 6.92 Å². The molecule has 2 aromatic rings. The molecule has 0 aromatic carbocycles. The number of amides is 1. The summed E-state index contributed by atoms with van der Waals surface area (Å²) in [6.07, 6.45) is 7.46. The van der Waals surface area contributed by atoms with Crippen LogP contribution in [-0.4, -0.2) is 43.6 Å². The molecule has 1 N–H and O–H groups in total. The van der Waals surface area contributed by atoms with Crippen LogP contribution in [0.25, 0.3) is 0 Å². The smallest absolute Gasteiger partial charge is 0.244 e. The lowest BCUT2D eigenvalue weighted by Gasteiger charge is -2.31. The number of nitrogens with zero attached hydrogens (tertiary/aromatic N) is 4. The second kappa shape index (κ2) is 5.48. The number of H-pyrrole nitrogens is 1. The van der Waals surface area contributed by atoms with E-state index in [0.29, 0.717) is 12.5 Å². The number of hydrogen-bond acceptors (Lipinski definition) is 3. The molecule has 1 aliphatic heterocycles. The number of aryl methyl sites for hydroxylation is 1. The van der Waals surface area contributed by atoms with Gasteiger partial charge in [-0.3, -0.25) is 9.48 Å². The first-order valence-corrected chi connectivity index (χ1v) is 6.99. The Labute approximate surface area is 117 Å². The van der Waals surface area contributed by atoms with E-state index in [1.165, 1.54) is 0 Å². The maximum Gasteiger partial charge on any atom is 0.244 e. The fourth-order valence-corrected chi connectivity index (χ4v) is 2.70. The Morgan fingerprint density at radius 2 is 2.45 bits per heavy atom. The molecule has 0 saturated carbocycles. The van der Waals surface area contributed by atoms with Crippen molar-refractivity contribution in [2.45, 2.75) is 32.2 Å². The van der Waals surface area contributed by atoms with Crippen molar-refractivity contribution in [3.05, 3.63) is 36.2 Å². The molecule has 0 spiro atoms. The van der Waals surface area contributed by atoms with Gasteiger partial charge in [-0.2, -0.15) is 5.10 Å². The van der Waals surface area contributed by atoms with Gasteiger partial charge in [0, 0.05) is 43.3 Å². The van der Waals surface area contributed by atoms with Gasteiger partial charge in [-0.25, -0.2) is 4.98 Å². The van der Waals surface area contributed by atoms with Crippen molar-refractivity contribution in [3.8, 4) is 0 Å². The van der Waals surface area contributed by atoms with Crippen LogP contribution < -0.4 is 0 Å². The van der Waals surface area contributed by atoms with Gasteiger partial charge >= 0.3 is 0 Å². The second-order valence-electron chi connectivity index (χ2n) is 5.33. The van der Waals surface area contributed by atoms with E-state index in [2.05, 4.69) is 15.1 Å². The van der Waals surface area contributed by atoms with Crippen LogP contribution >= 0.6 is 0 Å². The molecule has 1 fully saturated rings. The molecule has 6 heteroatoms. The number of rotatable bonds is 3. The summed E-state index contributed by atoms with van der Waals surface area (Å²) >= 11 is 0. The van der Waals surface area contributed by atoms with Crippen LogP contribution in [0.1, 0.15) is 30.3 Å². The lowest BCUT2D eigenvalue weighted by Crippen LogP contribution is -2.41. The molecule has 106 valence electrons. The molecule has 1 amide bonds. The third-order valence-electron chi connectivity index (χ3n) is 3.74. The van der Waals surface area contributed by atoms with Crippen molar-refractivity contribution in [2.24, 2.45) is 0 Å². The van der Waals surface area contributed by atoms with Crippen molar-refractivity contribution < 1.29 is 4.79 Å². The fraction of sp³-hybridized carbons (Fsp3) is 0.500. The third kappa shape index (κ3) is 2.74. The summed E-state index contributed by atoms with van der Waals surface area (Å²) in [6.45, 7) is 3.89. The first kappa shape index (κ1) is 12.9. The largest absolute Gasteiger partial charge is 0.346 e. The molecule has 1 saturated heterocycles. The van der Waals surface area contributed by atoms with Crippen LogP contribution in [0.4, 0.5) is 0 Å². The van der Waals surface area contributed by atoms with E-state index in [1.807, 2.05) is 30.3 Å². The SMILES string of the molecule is Cc1cnc(C2CCCN(C(=O)Cn3cccn3)C2)[nH]1. The molecule has 6 nitrogen and oxygen atoms in total. The molecule has 3 rings (SSSR count). The number of piperidine rings is 1. The van der Waals surface area contributed by atoms with Gasteiger partial charge in [-0.1, -0.05) is 0 Å². The van der Waals surface area contributed by atoms with Crippen LogP contribution in [0.2, 0.25) is 0 Å². The average molecular weight is 273 g/mol. The number of likely N-dealkylation sites (tertiary alicyclic amines) is 1. The third-order valence-corrected chi connectivity index (χ3v) is 3.74. The Morgan fingerprint density at radius 1 is 1.55 bits per heavy atom. The van der Waals surface area contributed by atoms with Crippen LogP contribution in [0.3, 0.4) is 0 Å². The number of hydrogen-bond donors (Lipinski definition) is 1. The van der Waals surface area contributed by atoms with Gasteiger partial charge in [-0.05, 0) is 25.8 Å². The van der Waals surface area contributed by atoms with Crippen molar-refractivity contribution >= 4 is 5.91 Å². The predicted octanol–water partition coefficient (Wildman–Crippen LogP) is 1.32. The molecule has 1 aliphatic rings. The number of carbonyl (C=O) groups is 1. The summed E-state index contributed by atoms with van der Waals surface area (Å²) in [5, 5.41) is 4.08. The lowest BCUT2D eigenvalue weighted by molar-refractivity contribution is -0.133. The van der Waals surface area contributed by atoms with Crippen LogP contribution in [0.5, 0.6) is 0 Å². The Balaban J connectivity index is 1.64.